The van der Waals surface area contributed by atoms with E-state index >= 15 is 0 Å². The molecule has 1 fully saturated rings. The minimum atomic E-state index is 0.597. The molecule has 7 heavy (non-hydrogen) atoms. The first-order valence-electron chi connectivity index (χ1n) is 2.74. The Bertz CT molecular complexity index is 55.1. The van der Waals surface area contributed by atoms with Gasteiger partial charge in [0.1, 0.15) is 0 Å². The minimum Gasteiger partial charge on any atom is -0.301 e. The average molecular weight is 100 g/mol. The standard InChI is InChI=1S/C5H12N2/c1-5-6-3-4-7(5)2/h5-6H,3-4H2,1-2H3. The molecule has 42 valence electrons. The SMILES string of the molecule is CC1NCCN1C. The van der Waals surface area contributed by atoms with Gasteiger partial charge in [0.25, 0.3) is 0 Å². The van der Waals surface area contributed by atoms with Gasteiger partial charge in [-0.1, -0.05) is 0 Å². The summed E-state index contributed by atoms with van der Waals surface area (Å²) in [5.74, 6) is 0. The van der Waals surface area contributed by atoms with Gasteiger partial charge < -0.3 is 5.32 Å². The zero-order valence-corrected chi connectivity index (χ0v) is 4.94. The first kappa shape index (κ1) is 5.06. The van der Waals surface area contributed by atoms with E-state index in [1.165, 1.54) is 6.54 Å². The summed E-state index contributed by atoms with van der Waals surface area (Å²) in [5.41, 5.74) is 0. The van der Waals surface area contributed by atoms with Crippen LogP contribution in [0.5, 0.6) is 0 Å². The Morgan fingerprint density at radius 1 is 1.71 bits per heavy atom. The molecule has 1 aliphatic heterocycles. The highest BCUT2D eigenvalue weighted by Gasteiger charge is 2.12. The van der Waals surface area contributed by atoms with Crippen LogP contribution in [0.3, 0.4) is 0 Å². The van der Waals surface area contributed by atoms with Crippen molar-refractivity contribution in [2.45, 2.75) is 13.1 Å². The van der Waals surface area contributed by atoms with Crippen molar-refractivity contribution in [2.75, 3.05) is 20.1 Å². The van der Waals surface area contributed by atoms with Gasteiger partial charge in [-0.25, -0.2) is 0 Å². The summed E-state index contributed by atoms with van der Waals surface area (Å²) < 4.78 is 0. The third-order valence-corrected chi connectivity index (χ3v) is 1.57. The topological polar surface area (TPSA) is 15.3 Å². The number of hydrogen-bond donors (Lipinski definition) is 1. The monoisotopic (exact) mass is 100 g/mol. The maximum Gasteiger partial charge on any atom is 0.0566 e. The molecular formula is C5H12N2. The van der Waals surface area contributed by atoms with Gasteiger partial charge in [0, 0.05) is 13.1 Å². The van der Waals surface area contributed by atoms with E-state index in [1.807, 2.05) is 0 Å². The van der Waals surface area contributed by atoms with Crippen molar-refractivity contribution in [1.82, 2.24) is 10.2 Å². The molecule has 0 aliphatic carbocycles. The van der Waals surface area contributed by atoms with Crippen molar-refractivity contribution in [3.8, 4) is 0 Å². The second-order valence-corrected chi connectivity index (χ2v) is 2.11. The van der Waals surface area contributed by atoms with Gasteiger partial charge in [0.05, 0.1) is 6.17 Å². The minimum absolute atomic E-state index is 0.597. The van der Waals surface area contributed by atoms with Crippen LogP contribution in [0.1, 0.15) is 6.92 Å². The van der Waals surface area contributed by atoms with Crippen LogP contribution in [-0.2, 0) is 0 Å². The number of likely N-dealkylation sites (N-methyl/N-ethyl adjacent to an activating group) is 1. The lowest BCUT2D eigenvalue weighted by Gasteiger charge is -2.11. The zero-order chi connectivity index (χ0) is 5.28. The van der Waals surface area contributed by atoms with Crippen LogP contribution in [-0.4, -0.2) is 31.2 Å². The molecule has 2 heteroatoms. The van der Waals surface area contributed by atoms with Gasteiger partial charge in [-0.05, 0) is 14.0 Å². The molecule has 0 spiro atoms. The summed E-state index contributed by atoms with van der Waals surface area (Å²) in [6, 6.07) is 0. The molecule has 0 aromatic rings. The molecule has 1 atom stereocenters. The average Bonchev–Trinajstić information content (AvgIpc) is 1.91. The molecular weight excluding hydrogens is 88.1 g/mol. The number of rotatable bonds is 0. The van der Waals surface area contributed by atoms with Gasteiger partial charge in [-0.15, -0.1) is 0 Å². The number of hydrogen-bond acceptors (Lipinski definition) is 2. The van der Waals surface area contributed by atoms with E-state index in [1.54, 1.807) is 0 Å². The van der Waals surface area contributed by atoms with Crippen LogP contribution in [0.4, 0.5) is 0 Å². The molecule has 0 aromatic carbocycles. The van der Waals surface area contributed by atoms with Gasteiger partial charge in [-0.3, -0.25) is 4.90 Å². The summed E-state index contributed by atoms with van der Waals surface area (Å²) in [4.78, 5) is 2.29. The molecule has 0 amide bonds. The van der Waals surface area contributed by atoms with Gasteiger partial charge in [0.15, 0.2) is 0 Å². The van der Waals surface area contributed by atoms with E-state index in [0.29, 0.717) is 6.17 Å². The molecule has 0 radical (unpaired) electrons. The van der Waals surface area contributed by atoms with Crippen molar-refractivity contribution in [1.29, 1.82) is 0 Å². The molecule has 1 heterocycles. The maximum absolute atomic E-state index is 3.30. The fraction of sp³-hybridized carbons (Fsp3) is 1.00. The molecule has 0 bridgehead atoms. The normalized spacial score (nSPS) is 34.3. The van der Waals surface area contributed by atoms with Crippen molar-refractivity contribution in [3.05, 3.63) is 0 Å². The Balaban J connectivity index is 2.33. The van der Waals surface area contributed by atoms with Crippen molar-refractivity contribution < 1.29 is 0 Å². The lowest BCUT2D eigenvalue weighted by atomic mass is 10.6. The molecule has 1 rings (SSSR count). The second-order valence-electron chi connectivity index (χ2n) is 2.11. The summed E-state index contributed by atoms with van der Waals surface area (Å²) >= 11 is 0. The smallest absolute Gasteiger partial charge is 0.0566 e. The molecule has 1 N–H and O–H groups in total. The predicted molar refractivity (Wildman–Crippen MR) is 30.1 cm³/mol. The first-order chi connectivity index (χ1) is 3.30. The third kappa shape index (κ3) is 0.924. The fourth-order valence-corrected chi connectivity index (χ4v) is 0.799. The van der Waals surface area contributed by atoms with Gasteiger partial charge in [0.2, 0.25) is 0 Å². The van der Waals surface area contributed by atoms with Crippen LogP contribution in [0, 0.1) is 0 Å². The van der Waals surface area contributed by atoms with Gasteiger partial charge >= 0.3 is 0 Å². The van der Waals surface area contributed by atoms with E-state index in [0.717, 1.165) is 6.54 Å². The lowest BCUT2D eigenvalue weighted by Crippen LogP contribution is -2.28. The number of nitrogens with zero attached hydrogens (tertiary/aromatic N) is 1. The molecule has 0 saturated carbocycles. The Kier molecular flexibility index (Phi) is 1.30. The summed E-state index contributed by atoms with van der Waals surface area (Å²) in [5, 5.41) is 3.30. The summed E-state index contributed by atoms with van der Waals surface area (Å²) in [6.07, 6.45) is 0.597. The van der Waals surface area contributed by atoms with Crippen LogP contribution >= 0.6 is 0 Å². The van der Waals surface area contributed by atoms with Crippen LogP contribution in [0.25, 0.3) is 0 Å². The predicted octanol–water partition coefficient (Wildman–Crippen LogP) is -0.133. The highest BCUT2D eigenvalue weighted by Crippen LogP contribution is 1.95. The number of nitrogens with one attached hydrogen (secondary N) is 1. The molecule has 2 nitrogen and oxygen atoms in total. The molecule has 0 aromatic heterocycles. The molecule has 1 saturated heterocycles. The Hall–Kier alpha value is -0.0800. The zero-order valence-electron chi connectivity index (χ0n) is 4.94. The maximum atomic E-state index is 3.30. The summed E-state index contributed by atoms with van der Waals surface area (Å²) in [6.45, 7) is 4.52. The van der Waals surface area contributed by atoms with Crippen LogP contribution in [0.2, 0.25) is 0 Å². The van der Waals surface area contributed by atoms with E-state index in [9.17, 15) is 0 Å². The van der Waals surface area contributed by atoms with Crippen LogP contribution in [0.15, 0.2) is 0 Å². The van der Waals surface area contributed by atoms with Crippen LogP contribution < -0.4 is 5.32 Å². The van der Waals surface area contributed by atoms with Crippen molar-refractivity contribution in [2.24, 2.45) is 0 Å². The quantitative estimate of drug-likeness (QED) is 0.456. The lowest BCUT2D eigenvalue weighted by molar-refractivity contribution is 0.315. The van der Waals surface area contributed by atoms with E-state index in [4.69, 9.17) is 0 Å². The second kappa shape index (κ2) is 1.80. The Morgan fingerprint density at radius 2 is 2.43 bits per heavy atom. The Morgan fingerprint density at radius 3 is 2.57 bits per heavy atom. The largest absolute Gasteiger partial charge is 0.301 e. The highest BCUT2D eigenvalue weighted by molar-refractivity contribution is 4.69. The van der Waals surface area contributed by atoms with Gasteiger partial charge in [-0.2, -0.15) is 0 Å². The van der Waals surface area contributed by atoms with Crippen molar-refractivity contribution >= 4 is 0 Å². The molecule has 1 unspecified atom stereocenters. The third-order valence-electron chi connectivity index (χ3n) is 1.57. The van der Waals surface area contributed by atoms with Crippen molar-refractivity contribution in [3.63, 3.8) is 0 Å². The first-order valence-corrected chi connectivity index (χ1v) is 2.74. The van der Waals surface area contributed by atoms with E-state index in [-0.39, 0.29) is 0 Å². The van der Waals surface area contributed by atoms with E-state index < -0.39 is 0 Å². The summed E-state index contributed by atoms with van der Waals surface area (Å²) in [7, 11) is 2.13. The highest BCUT2D eigenvalue weighted by atomic mass is 15.3. The van der Waals surface area contributed by atoms with E-state index in [2.05, 4.69) is 24.2 Å². The fourth-order valence-electron chi connectivity index (χ4n) is 0.799. The Labute approximate surface area is 44.5 Å². The molecule has 1 aliphatic rings.